The van der Waals surface area contributed by atoms with Crippen molar-refractivity contribution in [2.24, 2.45) is 10.9 Å². The highest BCUT2D eigenvalue weighted by atomic mass is 19.1. The van der Waals surface area contributed by atoms with Gasteiger partial charge in [0.2, 0.25) is 0 Å². The van der Waals surface area contributed by atoms with Gasteiger partial charge in [-0.05, 0) is 42.2 Å². The van der Waals surface area contributed by atoms with Gasteiger partial charge in [-0.25, -0.2) is 4.39 Å². The molecule has 0 aliphatic carbocycles. The minimum atomic E-state index is -0.411. The predicted octanol–water partition coefficient (Wildman–Crippen LogP) is 3.72. The molecule has 2 aromatic rings. The zero-order valence-electron chi connectivity index (χ0n) is 14.9. The topological polar surface area (TPSA) is 58.5 Å². The molecule has 0 aliphatic rings. The van der Waals surface area contributed by atoms with E-state index in [4.69, 9.17) is 4.74 Å². The van der Waals surface area contributed by atoms with Crippen LogP contribution in [0.4, 0.5) is 4.39 Å². The molecule has 6 heteroatoms. The van der Waals surface area contributed by atoms with Crippen molar-refractivity contribution in [3.05, 3.63) is 54.1 Å². The number of aliphatic imine (C=N–C) groups is 1. The quantitative estimate of drug-likeness (QED) is 0.594. The van der Waals surface area contributed by atoms with E-state index in [-0.39, 0.29) is 5.75 Å². The lowest BCUT2D eigenvalue weighted by Gasteiger charge is -2.13. The molecule has 0 unspecified atom stereocenters. The molecule has 25 heavy (non-hydrogen) atoms. The van der Waals surface area contributed by atoms with Crippen molar-refractivity contribution >= 4 is 5.96 Å². The van der Waals surface area contributed by atoms with Crippen LogP contribution in [0.25, 0.3) is 0 Å². The first-order chi connectivity index (χ1) is 12.1. The maximum Gasteiger partial charge on any atom is 0.191 e. The zero-order valence-corrected chi connectivity index (χ0v) is 14.9. The minimum Gasteiger partial charge on any atom is -0.453 e. The summed E-state index contributed by atoms with van der Waals surface area (Å²) < 4.78 is 19.7. The van der Waals surface area contributed by atoms with Crippen LogP contribution in [0.1, 0.15) is 25.8 Å². The number of nitrogens with zero attached hydrogens (tertiary/aromatic N) is 2. The molecule has 2 rings (SSSR count). The van der Waals surface area contributed by atoms with Crippen LogP contribution in [0, 0.1) is 11.7 Å². The van der Waals surface area contributed by atoms with E-state index in [1.54, 1.807) is 37.6 Å². The lowest BCUT2D eigenvalue weighted by molar-refractivity contribution is 0.440. The first kappa shape index (κ1) is 18.7. The fourth-order valence-corrected chi connectivity index (χ4v) is 2.16. The van der Waals surface area contributed by atoms with Crippen molar-refractivity contribution in [2.75, 3.05) is 13.6 Å². The average molecular weight is 344 g/mol. The third-order valence-corrected chi connectivity index (χ3v) is 3.56. The van der Waals surface area contributed by atoms with E-state index in [1.807, 2.05) is 6.07 Å². The van der Waals surface area contributed by atoms with E-state index in [9.17, 15) is 4.39 Å². The number of guanidine groups is 1. The van der Waals surface area contributed by atoms with Gasteiger partial charge in [0.05, 0.1) is 6.20 Å². The molecule has 0 amide bonds. The molecule has 5 nitrogen and oxygen atoms in total. The second kappa shape index (κ2) is 9.61. The normalized spacial score (nSPS) is 11.5. The van der Waals surface area contributed by atoms with Gasteiger partial charge in [0, 0.05) is 26.3 Å². The Morgan fingerprint density at radius 2 is 2.12 bits per heavy atom. The third-order valence-electron chi connectivity index (χ3n) is 3.56. The van der Waals surface area contributed by atoms with Gasteiger partial charge in [-0.2, -0.15) is 0 Å². The van der Waals surface area contributed by atoms with Crippen molar-refractivity contribution in [3.63, 3.8) is 0 Å². The van der Waals surface area contributed by atoms with Crippen LogP contribution in [-0.2, 0) is 6.54 Å². The first-order valence-electron chi connectivity index (χ1n) is 8.39. The van der Waals surface area contributed by atoms with Crippen LogP contribution in [0.15, 0.2) is 47.7 Å². The molecule has 0 radical (unpaired) electrons. The fourth-order valence-electron chi connectivity index (χ4n) is 2.16. The monoisotopic (exact) mass is 344 g/mol. The van der Waals surface area contributed by atoms with Crippen molar-refractivity contribution in [3.8, 4) is 11.5 Å². The van der Waals surface area contributed by atoms with Gasteiger partial charge in [-0.3, -0.25) is 9.98 Å². The number of aromatic nitrogens is 1. The smallest absolute Gasteiger partial charge is 0.191 e. The van der Waals surface area contributed by atoms with E-state index in [2.05, 4.69) is 34.5 Å². The summed E-state index contributed by atoms with van der Waals surface area (Å²) in [5, 5.41) is 6.42. The number of pyridine rings is 1. The molecule has 0 atom stereocenters. The van der Waals surface area contributed by atoms with Gasteiger partial charge >= 0.3 is 0 Å². The van der Waals surface area contributed by atoms with Gasteiger partial charge in [0.15, 0.2) is 17.5 Å². The zero-order chi connectivity index (χ0) is 18.1. The Morgan fingerprint density at radius 1 is 1.28 bits per heavy atom. The van der Waals surface area contributed by atoms with Gasteiger partial charge in [-0.15, -0.1) is 0 Å². The molecule has 1 heterocycles. The highest BCUT2D eigenvalue weighted by Gasteiger charge is 2.07. The van der Waals surface area contributed by atoms with Crippen molar-refractivity contribution < 1.29 is 9.13 Å². The third kappa shape index (κ3) is 6.41. The number of halogens is 1. The van der Waals surface area contributed by atoms with E-state index in [0.717, 1.165) is 18.5 Å². The Bertz CT molecular complexity index is 689. The highest BCUT2D eigenvalue weighted by Crippen LogP contribution is 2.24. The summed E-state index contributed by atoms with van der Waals surface area (Å²) in [5.74, 6) is 1.60. The van der Waals surface area contributed by atoms with Gasteiger partial charge < -0.3 is 15.4 Å². The summed E-state index contributed by atoms with van der Waals surface area (Å²) in [5.41, 5.74) is 0.808. The molecule has 0 saturated heterocycles. The number of benzene rings is 1. The molecule has 2 N–H and O–H groups in total. The Labute approximate surface area is 148 Å². The Morgan fingerprint density at radius 3 is 2.76 bits per heavy atom. The lowest BCUT2D eigenvalue weighted by Crippen LogP contribution is -2.37. The van der Waals surface area contributed by atoms with Crippen molar-refractivity contribution in [2.45, 2.75) is 26.8 Å². The minimum absolute atomic E-state index is 0.177. The summed E-state index contributed by atoms with van der Waals surface area (Å²) in [7, 11) is 1.72. The van der Waals surface area contributed by atoms with E-state index in [1.165, 1.54) is 6.07 Å². The number of nitrogens with one attached hydrogen (secondary N) is 2. The molecular weight excluding hydrogens is 319 g/mol. The van der Waals surface area contributed by atoms with Crippen LogP contribution in [-0.4, -0.2) is 24.5 Å². The molecule has 0 fully saturated rings. The summed E-state index contributed by atoms with van der Waals surface area (Å²) in [6, 6.07) is 8.37. The predicted molar refractivity (Wildman–Crippen MR) is 98.4 cm³/mol. The van der Waals surface area contributed by atoms with Crippen molar-refractivity contribution in [1.82, 2.24) is 15.6 Å². The number of ether oxygens (including phenoxy) is 1. The molecule has 0 aliphatic heterocycles. The molecule has 0 bridgehead atoms. The maximum atomic E-state index is 14.2. The van der Waals surface area contributed by atoms with Crippen LogP contribution in [0.3, 0.4) is 0 Å². The van der Waals surface area contributed by atoms with Crippen LogP contribution in [0.5, 0.6) is 11.5 Å². The number of rotatable bonds is 7. The van der Waals surface area contributed by atoms with Crippen molar-refractivity contribution in [1.29, 1.82) is 0 Å². The summed E-state index contributed by atoms with van der Waals surface area (Å²) in [6.45, 7) is 5.68. The number of hydrogen-bond donors (Lipinski definition) is 2. The SMILES string of the molecule is CN=C(NCCC(C)C)NCc1ccc(Oc2cccnc2)c(F)c1. The van der Waals surface area contributed by atoms with E-state index < -0.39 is 5.82 Å². The fraction of sp³-hybridized carbons (Fsp3) is 0.368. The summed E-state index contributed by atoms with van der Waals surface area (Å²) >= 11 is 0. The maximum absolute atomic E-state index is 14.2. The summed E-state index contributed by atoms with van der Waals surface area (Å²) in [6.07, 6.45) is 4.25. The second-order valence-corrected chi connectivity index (χ2v) is 6.09. The first-order valence-corrected chi connectivity index (χ1v) is 8.39. The second-order valence-electron chi connectivity index (χ2n) is 6.09. The summed E-state index contributed by atoms with van der Waals surface area (Å²) in [4.78, 5) is 8.11. The van der Waals surface area contributed by atoms with Gasteiger partial charge in [0.25, 0.3) is 0 Å². The standard InChI is InChI=1S/C19H25FN4O/c1-14(2)8-10-23-19(21-3)24-12-15-6-7-18(17(20)11-15)25-16-5-4-9-22-13-16/h4-7,9,11,13-14H,8,10,12H2,1-3H3,(H2,21,23,24). The van der Waals surface area contributed by atoms with Crippen LogP contribution in [0.2, 0.25) is 0 Å². The molecule has 0 saturated carbocycles. The molecule has 1 aromatic carbocycles. The largest absolute Gasteiger partial charge is 0.453 e. The Balaban J connectivity index is 1.89. The van der Waals surface area contributed by atoms with E-state index in [0.29, 0.717) is 24.2 Å². The average Bonchev–Trinajstić information content (AvgIpc) is 2.60. The Kier molecular flexibility index (Phi) is 7.19. The Hall–Kier alpha value is -2.63. The molecule has 1 aromatic heterocycles. The van der Waals surface area contributed by atoms with E-state index >= 15 is 0 Å². The van der Waals surface area contributed by atoms with Crippen LogP contribution < -0.4 is 15.4 Å². The molecular formula is C19H25FN4O. The highest BCUT2D eigenvalue weighted by molar-refractivity contribution is 5.79. The van der Waals surface area contributed by atoms with Gasteiger partial charge in [-0.1, -0.05) is 19.9 Å². The molecule has 0 spiro atoms. The number of hydrogen-bond acceptors (Lipinski definition) is 3. The van der Waals surface area contributed by atoms with Gasteiger partial charge in [0.1, 0.15) is 5.75 Å². The lowest BCUT2D eigenvalue weighted by atomic mass is 10.1. The van der Waals surface area contributed by atoms with Crippen LogP contribution >= 0.6 is 0 Å². The molecule has 134 valence electrons.